The van der Waals surface area contributed by atoms with E-state index in [1.165, 1.54) is 4.88 Å². The van der Waals surface area contributed by atoms with E-state index in [1.807, 2.05) is 20.8 Å². The van der Waals surface area contributed by atoms with E-state index in [-0.39, 0.29) is 0 Å². The van der Waals surface area contributed by atoms with E-state index in [0.717, 1.165) is 27.7 Å². The van der Waals surface area contributed by atoms with Crippen LogP contribution in [0.25, 0.3) is 0 Å². The summed E-state index contributed by atoms with van der Waals surface area (Å²) in [4.78, 5) is 10.1. The van der Waals surface area contributed by atoms with Gasteiger partial charge in [0.15, 0.2) is 5.96 Å². The molecular formula is C12H19BrN4S. The minimum atomic E-state index is 0.654. The number of rotatable bonds is 5. The molecule has 1 aromatic rings. The van der Waals surface area contributed by atoms with Crippen LogP contribution in [0.4, 0.5) is 0 Å². The highest BCUT2D eigenvalue weighted by Gasteiger charge is 2.04. The van der Waals surface area contributed by atoms with Gasteiger partial charge in [0.05, 0.1) is 17.2 Å². The molecule has 0 unspecified atom stereocenters. The van der Waals surface area contributed by atoms with Crippen molar-refractivity contribution in [3.05, 3.63) is 26.6 Å². The Morgan fingerprint density at radius 1 is 1.44 bits per heavy atom. The summed E-state index contributed by atoms with van der Waals surface area (Å²) in [5.41, 5.74) is 1.07. The monoisotopic (exact) mass is 330 g/mol. The minimum Gasteiger partial charge on any atom is -0.357 e. The second-order valence-corrected chi connectivity index (χ2v) is 6.22. The number of halogens is 1. The number of hydrogen-bond acceptors (Lipinski definition) is 3. The van der Waals surface area contributed by atoms with Crippen LogP contribution in [0.15, 0.2) is 16.1 Å². The molecule has 100 valence electrons. The molecule has 0 aliphatic rings. The van der Waals surface area contributed by atoms with Crippen LogP contribution < -0.4 is 10.6 Å². The average Bonchev–Trinajstić information content (AvgIpc) is 2.61. The fraction of sp³-hybridized carbons (Fsp3) is 0.500. The lowest BCUT2D eigenvalue weighted by molar-refractivity contribution is 0.859. The van der Waals surface area contributed by atoms with Gasteiger partial charge in [0, 0.05) is 22.4 Å². The molecule has 18 heavy (non-hydrogen) atoms. The van der Waals surface area contributed by atoms with Crippen molar-refractivity contribution >= 4 is 33.2 Å². The lowest BCUT2D eigenvalue weighted by Gasteiger charge is -2.10. The Kier molecular flexibility index (Phi) is 6.35. The molecule has 0 amide bonds. The smallest absolute Gasteiger partial charge is 0.191 e. The number of nitrogens with zero attached hydrogens (tertiary/aromatic N) is 2. The number of aromatic nitrogens is 1. The van der Waals surface area contributed by atoms with E-state index in [1.54, 1.807) is 11.3 Å². The Balaban J connectivity index is 2.64. The summed E-state index contributed by atoms with van der Waals surface area (Å²) < 4.78 is 0.901. The molecule has 0 radical (unpaired) electrons. The first-order chi connectivity index (χ1) is 8.52. The highest BCUT2D eigenvalue weighted by molar-refractivity contribution is 9.11. The summed E-state index contributed by atoms with van der Waals surface area (Å²) in [6.45, 7) is 12.0. The molecule has 0 fully saturated rings. The SMILES string of the molecule is C=C(Br)CNC(=NCc1sc(C)nc1C)NCC. The number of thiazole rings is 1. The molecule has 0 aliphatic heterocycles. The predicted octanol–water partition coefficient (Wildman–Crippen LogP) is 2.72. The van der Waals surface area contributed by atoms with Crippen molar-refractivity contribution in [3.8, 4) is 0 Å². The second-order valence-electron chi connectivity index (χ2n) is 3.81. The Hall–Kier alpha value is -0.880. The lowest BCUT2D eigenvalue weighted by atomic mass is 10.4. The third-order valence-corrected chi connectivity index (χ3v) is 3.51. The number of aryl methyl sites for hydroxylation is 2. The van der Waals surface area contributed by atoms with Gasteiger partial charge in [-0.25, -0.2) is 9.98 Å². The third kappa shape index (κ3) is 5.18. The second kappa shape index (κ2) is 7.53. The van der Waals surface area contributed by atoms with Gasteiger partial charge in [-0.2, -0.15) is 0 Å². The molecule has 0 aliphatic carbocycles. The lowest BCUT2D eigenvalue weighted by Crippen LogP contribution is -2.37. The van der Waals surface area contributed by atoms with Gasteiger partial charge in [0.25, 0.3) is 0 Å². The summed E-state index contributed by atoms with van der Waals surface area (Å²) in [7, 11) is 0. The van der Waals surface area contributed by atoms with Crippen LogP contribution in [0, 0.1) is 13.8 Å². The molecule has 1 rings (SSSR count). The van der Waals surface area contributed by atoms with Crippen molar-refractivity contribution in [3.63, 3.8) is 0 Å². The Bertz CT molecular complexity index is 439. The third-order valence-electron chi connectivity index (χ3n) is 2.17. The van der Waals surface area contributed by atoms with Crippen molar-refractivity contribution in [2.24, 2.45) is 4.99 Å². The predicted molar refractivity (Wildman–Crippen MR) is 82.5 cm³/mol. The standard InChI is InChI=1S/C12H19BrN4S/c1-5-14-12(15-6-8(2)13)16-7-11-9(3)17-10(4)18-11/h2,5-7H2,1,3-4H3,(H2,14,15,16). The van der Waals surface area contributed by atoms with E-state index in [0.29, 0.717) is 13.1 Å². The van der Waals surface area contributed by atoms with Crippen molar-refractivity contribution < 1.29 is 0 Å². The topological polar surface area (TPSA) is 49.3 Å². The van der Waals surface area contributed by atoms with E-state index in [2.05, 4.69) is 43.1 Å². The summed E-state index contributed by atoms with van der Waals surface area (Å²) in [5.74, 6) is 0.795. The van der Waals surface area contributed by atoms with E-state index >= 15 is 0 Å². The van der Waals surface area contributed by atoms with Gasteiger partial charge < -0.3 is 10.6 Å². The maximum Gasteiger partial charge on any atom is 0.191 e. The molecule has 1 aromatic heterocycles. The highest BCUT2D eigenvalue weighted by atomic mass is 79.9. The Morgan fingerprint density at radius 2 is 2.17 bits per heavy atom. The first-order valence-corrected chi connectivity index (χ1v) is 7.42. The summed E-state index contributed by atoms with van der Waals surface area (Å²) in [6.07, 6.45) is 0. The Morgan fingerprint density at radius 3 is 2.67 bits per heavy atom. The first kappa shape index (κ1) is 15.2. The van der Waals surface area contributed by atoms with Gasteiger partial charge >= 0.3 is 0 Å². The highest BCUT2D eigenvalue weighted by Crippen LogP contribution is 2.17. The van der Waals surface area contributed by atoms with Crippen molar-refractivity contribution in [1.29, 1.82) is 0 Å². The van der Waals surface area contributed by atoms with E-state index < -0.39 is 0 Å². The number of guanidine groups is 1. The van der Waals surface area contributed by atoms with Gasteiger partial charge in [-0.15, -0.1) is 11.3 Å². The zero-order chi connectivity index (χ0) is 13.5. The molecule has 0 bridgehead atoms. The average molecular weight is 331 g/mol. The maximum atomic E-state index is 4.53. The van der Waals surface area contributed by atoms with E-state index in [9.17, 15) is 0 Å². The normalized spacial score (nSPS) is 11.4. The fourth-order valence-corrected chi connectivity index (χ4v) is 2.39. The first-order valence-electron chi connectivity index (χ1n) is 5.81. The van der Waals surface area contributed by atoms with Crippen LogP contribution in [-0.2, 0) is 6.54 Å². The number of hydrogen-bond donors (Lipinski definition) is 2. The van der Waals surface area contributed by atoms with Crippen molar-refractivity contribution in [2.45, 2.75) is 27.3 Å². The van der Waals surface area contributed by atoms with Crippen LogP contribution in [0.5, 0.6) is 0 Å². The van der Waals surface area contributed by atoms with Crippen molar-refractivity contribution in [1.82, 2.24) is 15.6 Å². The quantitative estimate of drug-likeness (QED) is 0.644. The van der Waals surface area contributed by atoms with Crippen LogP contribution in [0.3, 0.4) is 0 Å². The van der Waals surface area contributed by atoms with Gasteiger partial charge in [-0.1, -0.05) is 22.5 Å². The minimum absolute atomic E-state index is 0.654. The maximum absolute atomic E-state index is 4.53. The fourth-order valence-electron chi connectivity index (χ4n) is 1.39. The van der Waals surface area contributed by atoms with Gasteiger partial charge in [-0.3, -0.25) is 0 Å². The molecule has 2 N–H and O–H groups in total. The molecule has 0 saturated heterocycles. The number of aliphatic imine (C=N–C) groups is 1. The van der Waals surface area contributed by atoms with Gasteiger partial charge in [0.2, 0.25) is 0 Å². The molecule has 0 aromatic carbocycles. The van der Waals surface area contributed by atoms with E-state index in [4.69, 9.17) is 0 Å². The molecule has 6 heteroatoms. The number of nitrogens with one attached hydrogen (secondary N) is 2. The molecular weight excluding hydrogens is 312 g/mol. The molecule has 0 spiro atoms. The summed E-state index contributed by atoms with van der Waals surface area (Å²) in [5, 5.41) is 7.48. The largest absolute Gasteiger partial charge is 0.357 e. The van der Waals surface area contributed by atoms with Crippen LogP contribution >= 0.6 is 27.3 Å². The zero-order valence-electron chi connectivity index (χ0n) is 11.0. The molecule has 0 atom stereocenters. The van der Waals surface area contributed by atoms with Crippen LogP contribution in [-0.4, -0.2) is 24.0 Å². The Labute approximate surface area is 121 Å². The zero-order valence-corrected chi connectivity index (χ0v) is 13.4. The molecule has 1 heterocycles. The van der Waals surface area contributed by atoms with Crippen LogP contribution in [0.2, 0.25) is 0 Å². The molecule has 0 saturated carbocycles. The summed E-state index contributed by atoms with van der Waals surface area (Å²) >= 11 is 5.02. The van der Waals surface area contributed by atoms with Crippen molar-refractivity contribution in [2.75, 3.05) is 13.1 Å². The van der Waals surface area contributed by atoms with Crippen LogP contribution in [0.1, 0.15) is 22.5 Å². The van der Waals surface area contributed by atoms with Gasteiger partial charge in [-0.05, 0) is 20.8 Å². The molecule has 4 nitrogen and oxygen atoms in total. The summed E-state index contributed by atoms with van der Waals surface area (Å²) in [6, 6.07) is 0. The van der Waals surface area contributed by atoms with Gasteiger partial charge in [0.1, 0.15) is 0 Å².